The monoisotopic (exact) mass is 349 g/mol. The number of benzene rings is 1. The van der Waals surface area contributed by atoms with Crippen LogP contribution in [-0.4, -0.2) is 29.2 Å². The highest BCUT2D eigenvalue weighted by atomic mass is 32.2. The number of rotatable bonds is 4. The zero-order chi connectivity index (χ0) is 17.4. The van der Waals surface area contributed by atoms with E-state index in [2.05, 4.69) is 9.84 Å². The molecule has 1 heterocycles. The smallest absolute Gasteiger partial charge is 0.406 e. The summed E-state index contributed by atoms with van der Waals surface area (Å²) in [6, 6.07) is 3.41. The van der Waals surface area contributed by atoms with Gasteiger partial charge in [-0.2, -0.15) is 9.19 Å². The van der Waals surface area contributed by atoms with Gasteiger partial charge in [-0.1, -0.05) is 0 Å². The van der Waals surface area contributed by atoms with Crippen molar-refractivity contribution in [1.29, 1.82) is 0 Å². The second kappa shape index (κ2) is 5.76. The number of alkyl halides is 3. The molecule has 23 heavy (non-hydrogen) atoms. The van der Waals surface area contributed by atoms with Gasteiger partial charge in [0, 0.05) is 22.9 Å². The van der Waals surface area contributed by atoms with Gasteiger partial charge in [0.05, 0.1) is 17.6 Å². The minimum absolute atomic E-state index is 0.00763. The van der Waals surface area contributed by atoms with Gasteiger partial charge in [-0.15, -0.1) is 13.2 Å². The van der Waals surface area contributed by atoms with Gasteiger partial charge < -0.3 is 10.5 Å². The SMILES string of the molecule is CC(C)S(=O)(=O)n1cc(-c2ccc(OC(F)(F)F)cc2N)cn1. The molecule has 6 nitrogen and oxygen atoms in total. The van der Waals surface area contributed by atoms with E-state index in [1.54, 1.807) is 0 Å². The number of anilines is 1. The maximum atomic E-state index is 12.2. The second-order valence-corrected chi connectivity index (χ2v) is 7.34. The zero-order valence-corrected chi connectivity index (χ0v) is 13.0. The van der Waals surface area contributed by atoms with Gasteiger partial charge in [-0.25, -0.2) is 8.42 Å². The Morgan fingerprint density at radius 1 is 1.30 bits per heavy atom. The summed E-state index contributed by atoms with van der Waals surface area (Å²) >= 11 is 0. The van der Waals surface area contributed by atoms with E-state index in [0.717, 1.165) is 16.2 Å². The summed E-state index contributed by atoms with van der Waals surface area (Å²) in [5.74, 6) is -0.457. The van der Waals surface area contributed by atoms with Gasteiger partial charge in [-0.3, -0.25) is 0 Å². The predicted octanol–water partition coefficient (Wildman–Crippen LogP) is 2.62. The molecule has 126 valence electrons. The summed E-state index contributed by atoms with van der Waals surface area (Å²) in [7, 11) is -3.62. The largest absolute Gasteiger partial charge is 0.573 e. The molecule has 0 amide bonds. The van der Waals surface area contributed by atoms with Crippen LogP contribution >= 0.6 is 0 Å². The standard InChI is InChI=1S/C13H14F3N3O3S/c1-8(2)23(20,21)19-7-9(6-18-19)11-4-3-10(5-12(11)17)22-13(14,15)16/h3-8H,17H2,1-2H3. The zero-order valence-electron chi connectivity index (χ0n) is 12.2. The fourth-order valence-electron chi connectivity index (χ4n) is 1.80. The number of halogens is 3. The third-order valence-corrected chi connectivity index (χ3v) is 4.90. The molecule has 0 spiro atoms. The molecule has 0 aliphatic rings. The minimum atomic E-state index is -4.82. The van der Waals surface area contributed by atoms with Crippen LogP contribution in [0.4, 0.5) is 18.9 Å². The average molecular weight is 349 g/mol. The van der Waals surface area contributed by atoms with E-state index in [1.807, 2.05) is 0 Å². The van der Waals surface area contributed by atoms with Gasteiger partial charge >= 0.3 is 6.36 Å². The summed E-state index contributed by atoms with van der Waals surface area (Å²) in [4.78, 5) is 0. The van der Waals surface area contributed by atoms with Crippen LogP contribution in [0, 0.1) is 0 Å². The number of ether oxygens (including phenoxy) is 1. The number of hydrogen-bond acceptors (Lipinski definition) is 5. The molecule has 0 radical (unpaired) electrons. The quantitative estimate of drug-likeness (QED) is 0.858. The van der Waals surface area contributed by atoms with Crippen molar-refractivity contribution in [3.63, 3.8) is 0 Å². The molecule has 0 aliphatic heterocycles. The Hall–Kier alpha value is -2.23. The number of nitrogen functional groups attached to an aromatic ring is 1. The molecular formula is C13H14F3N3O3S. The van der Waals surface area contributed by atoms with Crippen molar-refractivity contribution in [2.75, 3.05) is 5.73 Å². The Morgan fingerprint density at radius 3 is 2.48 bits per heavy atom. The molecular weight excluding hydrogens is 335 g/mol. The average Bonchev–Trinajstić information content (AvgIpc) is 2.86. The van der Waals surface area contributed by atoms with Crippen molar-refractivity contribution < 1.29 is 26.3 Å². The van der Waals surface area contributed by atoms with E-state index in [-0.39, 0.29) is 5.69 Å². The summed E-state index contributed by atoms with van der Waals surface area (Å²) in [6.45, 7) is 3.02. The number of nitrogens with zero attached hydrogens (tertiary/aromatic N) is 2. The molecule has 1 aromatic heterocycles. The summed E-state index contributed by atoms with van der Waals surface area (Å²) < 4.78 is 65.1. The van der Waals surface area contributed by atoms with Crippen LogP contribution in [-0.2, 0) is 10.0 Å². The lowest BCUT2D eigenvalue weighted by Gasteiger charge is -2.11. The lowest BCUT2D eigenvalue weighted by atomic mass is 10.1. The van der Waals surface area contributed by atoms with Crippen molar-refractivity contribution in [1.82, 2.24) is 9.19 Å². The second-order valence-electron chi connectivity index (χ2n) is 4.99. The van der Waals surface area contributed by atoms with Crippen LogP contribution in [0.25, 0.3) is 11.1 Å². The molecule has 1 aromatic carbocycles. The molecule has 0 atom stereocenters. The van der Waals surface area contributed by atoms with Gasteiger partial charge in [0.2, 0.25) is 0 Å². The van der Waals surface area contributed by atoms with E-state index < -0.39 is 27.4 Å². The van der Waals surface area contributed by atoms with Crippen molar-refractivity contribution in [2.45, 2.75) is 25.5 Å². The first-order valence-electron chi connectivity index (χ1n) is 6.45. The van der Waals surface area contributed by atoms with E-state index in [4.69, 9.17) is 5.73 Å². The lowest BCUT2D eigenvalue weighted by Crippen LogP contribution is -2.22. The summed E-state index contributed by atoms with van der Waals surface area (Å²) in [5.41, 5.74) is 6.44. The third-order valence-electron chi connectivity index (χ3n) is 2.98. The highest BCUT2D eigenvalue weighted by Gasteiger charge is 2.31. The van der Waals surface area contributed by atoms with Crippen molar-refractivity contribution >= 4 is 15.7 Å². The highest BCUT2D eigenvalue weighted by Crippen LogP contribution is 2.31. The normalized spacial score (nSPS) is 12.6. The minimum Gasteiger partial charge on any atom is -0.406 e. The Kier molecular flexibility index (Phi) is 4.29. The molecule has 2 aromatic rings. The molecule has 10 heteroatoms. The molecule has 0 bridgehead atoms. The Bertz CT molecular complexity index is 813. The van der Waals surface area contributed by atoms with Crippen LogP contribution < -0.4 is 10.5 Å². The van der Waals surface area contributed by atoms with Crippen LogP contribution in [0.1, 0.15) is 13.8 Å². The van der Waals surface area contributed by atoms with Gasteiger partial charge in [-0.05, 0) is 26.0 Å². The fourth-order valence-corrected chi connectivity index (χ4v) is 2.67. The van der Waals surface area contributed by atoms with Gasteiger partial charge in [0.25, 0.3) is 10.0 Å². The summed E-state index contributed by atoms with van der Waals surface area (Å²) in [6.07, 6.45) is -2.29. The summed E-state index contributed by atoms with van der Waals surface area (Å²) in [5, 5.41) is 3.10. The van der Waals surface area contributed by atoms with E-state index >= 15 is 0 Å². The van der Waals surface area contributed by atoms with E-state index in [0.29, 0.717) is 11.1 Å². The molecule has 0 saturated carbocycles. The first-order chi connectivity index (χ1) is 10.5. The maximum Gasteiger partial charge on any atom is 0.573 e. The molecule has 0 fully saturated rings. The lowest BCUT2D eigenvalue weighted by molar-refractivity contribution is -0.274. The third kappa shape index (κ3) is 3.76. The van der Waals surface area contributed by atoms with E-state index in [1.165, 1.54) is 32.3 Å². The molecule has 2 rings (SSSR count). The fraction of sp³-hybridized carbons (Fsp3) is 0.308. The van der Waals surface area contributed by atoms with Crippen LogP contribution in [0.3, 0.4) is 0 Å². The predicted molar refractivity (Wildman–Crippen MR) is 78.2 cm³/mol. The Balaban J connectivity index is 2.36. The van der Waals surface area contributed by atoms with Crippen LogP contribution in [0.2, 0.25) is 0 Å². The van der Waals surface area contributed by atoms with Crippen LogP contribution in [0.15, 0.2) is 30.6 Å². The van der Waals surface area contributed by atoms with E-state index in [9.17, 15) is 21.6 Å². The Labute approximate surface area is 130 Å². The van der Waals surface area contributed by atoms with Crippen molar-refractivity contribution in [2.24, 2.45) is 0 Å². The maximum absolute atomic E-state index is 12.2. The first kappa shape index (κ1) is 17.1. The molecule has 2 N–H and O–H groups in total. The van der Waals surface area contributed by atoms with Crippen molar-refractivity contribution in [3.05, 3.63) is 30.6 Å². The van der Waals surface area contributed by atoms with Crippen LogP contribution in [0.5, 0.6) is 5.75 Å². The van der Waals surface area contributed by atoms with Gasteiger partial charge in [0.15, 0.2) is 0 Å². The first-order valence-corrected chi connectivity index (χ1v) is 7.96. The highest BCUT2D eigenvalue weighted by molar-refractivity contribution is 7.90. The number of hydrogen-bond donors (Lipinski definition) is 1. The number of nitrogens with two attached hydrogens (primary N) is 1. The van der Waals surface area contributed by atoms with Gasteiger partial charge in [0.1, 0.15) is 5.75 Å². The molecule has 0 aliphatic carbocycles. The topological polar surface area (TPSA) is 87.2 Å². The van der Waals surface area contributed by atoms with Crippen molar-refractivity contribution in [3.8, 4) is 16.9 Å². The molecule has 0 saturated heterocycles. The number of aromatic nitrogens is 2. The molecule has 0 unspecified atom stereocenters. The Morgan fingerprint density at radius 2 is 1.96 bits per heavy atom.